The minimum atomic E-state index is 0. The van der Waals surface area contributed by atoms with Gasteiger partial charge in [0.25, 0.3) is 0 Å². The Labute approximate surface area is 235 Å². The zero-order valence-electron chi connectivity index (χ0n) is 22.9. The summed E-state index contributed by atoms with van der Waals surface area (Å²) in [7, 11) is 0. The van der Waals surface area contributed by atoms with Gasteiger partial charge in [-0.3, -0.25) is 19.8 Å². The molecule has 1 aromatic rings. The maximum absolute atomic E-state index is 5.04. The zero-order valence-corrected chi connectivity index (χ0v) is 24.6. The lowest BCUT2D eigenvalue weighted by Gasteiger charge is -2.24. The Morgan fingerprint density at radius 2 is 0.865 bits per heavy atom. The summed E-state index contributed by atoms with van der Waals surface area (Å²) in [5.41, 5.74) is 2.17. The molecule has 0 aliphatic carbocycles. The summed E-state index contributed by atoms with van der Waals surface area (Å²) in [5, 5.41) is 21.3. The average molecular weight is 586 g/mol. The highest BCUT2D eigenvalue weighted by Crippen LogP contribution is 2.06. The molecular weight excluding hydrogens is 532 g/mol. The molecule has 2 aliphatic heterocycles. The summed E-state index contributed by atoms with van der Waals surface area (Å²) in [5.74, 6) is 0. The van der Waals surface area contributed by atoms with Gasteiger partial charge in [0.15, 0.2) is 0 Å². The van der Waals surface area contributed by atoms with Crippen LogP contribution >= 0.6 is 17.0 Å². The molecule has 0 unspecified atom stereocenters. The number of hydrogen-bond acceptors (Lipinski definition) is 10. The van der Waals surface area contributed by atoms with Crippen LogP contribution in [0.4, 0.5) is 0 Å². The quantitative estimate of drug-likeness (QED) is 0.285. The third-order valence-corrected chi connectivity index (χ3v) is 6.74. The third-order valence-electron chi connectivity index (χ3n) is 6.74. The molecule has 11 heteroatoms. The van der Waals surface area contributed by atoms with Gasteiger partial charge in [-0.1, -0.05) is 0 Å². The van der Waals surface area contributed by atoms with Gasteiger partial charge in [0.1, 0.15) is 0 Å². The summed E-state index contributed by atoms with van der Waals surface area (Å²) in [4.78, 5) is 14.7. The highest BCUT2D eigenvalue weighted by atomic mass is 79.9. The molecule has 214 valence electrons. The van der Waals surface area contributed by atoms with E-state index in [4.69, 9.17) is 4.98 Å². The molecule has 0 aromatic carbocycles. The van der Waals surface area contributed by atoms with E-state index in [9.17, 15) is 0 Å². The van der Waals surface area contributed by atoms with Crippen LogP contribution in [0.15, 0.2) is 12.4 Å². The zero-order chi connectivity index (χ0) is 24.9. The first-order chi connectivity index (χ1) is 17.9. The second-order valence-electron chi connectivity index (χ2n) is 9.97. The van der Waals surface area contributed by atoms with Crippen LogP contribution < -0.4 is 31.9 Å². The molecule has 6 N–H and O–H groups in total. The van der Waals surface area contributed by atoms with Crippen LogP contribution in [0.2, 0.25) is 0 Å². The first-order valence-electron chi connectivity index (χ1n) is 14.4. The maximum atomic E-state index is 5.04. The lowest BCUT2D eigenvalue weighted by Crippen LogP contribution is -2.37. The summed E-state index contributed by atoms with van der Waals surface area (Å²) < 4.78 is 0. The fraction of sp³-hybridized carbons (Fsp3) is 0.846. The number of halogens is 1. The second-order valence-corrected chi connectivity index (χ2v) is 9.97. The summed E-state index contributed by atoms with van der Waals surface area (Å²) in [6.07, 6.45) is 8.55. The van der Waals surface area contributed by atoms with Gasteiger partial charge in [-0.05, 0) is 78.0 Å². The average Bonchev–Trinajstić information content (AvgIpc) is 2.88. The van der Waals surface area contributed by atoms with Gasteiger partial charge >= 0.3 is 0 Å². The van der Waals surface area contributed by atoms with Crippen molar-refractivity contribution in [3.05, 3.63) is 23.8 Å². The fourth-order valence-corrected chi connectivity index (χ4v) is 4.71. The molecule has 0 saturated carbocycles. The lowest BCUT2D eigenvalue weighted by atomic mass is 10.3. The molecule has 37 heavy (non-hydrogen) atoms. The largest absolute Gasteiger partial charge is 0.315 e. The SMILES string of the molecule is Br.c1ncc(CN2CCCNCCNCCCNCC2)nc1CN1CCCNCCNCCCNCC1. The van der Waals surface area contributed by atoms with Crippen molar-refractivity contribution < 1.29 is 0 Å². The van der Waals surface area contributed by atoms with Crippen LogP contribution in [0.5, 0.6) is 0 Å². The van der Waals surface area contributed by atoms with Crippen molar-refractivity contribution in [2.45, 2.75) is 38.8 Å². The van der Waals surface area contributed by atoms with Gasteiger partial charge in [-0.2, -0.15) is 0 Å². The van der Waals surface area contributed by atoms with Crippen molar-refractivity contribution in [3.8, 4) is 0 Å². The van der Waals surface area contributed by atoms with E-state index in [1.165, 1.54) is 12.8 Å². The number of nitrogens with zero attached hydrogens (tertiary/aromatic N) is 4. The first kappa shape index (κ1) is 32.5. The predicted molar refractivity (Wildman–Crippen MR) is 159 cm³/mol. The topological polar surface area (TPSA) is 104 Å². The highest BCUT2D eigenvalue weighted by molar-refractivity contribution is 8.93. The third kappa shape index (κ3) is 16.1. The Hall–Kier alpha value is -0.760. The van der Waals surface area contributed by atoms with E-state index < -0.39 is 0 Å². The Kier molecular flexibility index (Phi) is 19.4. The minimum Gasteiger partial charge on any atom is -0.315 e. The van der Waals surface area contributed by atoms with E-state index in [2.05, 4.69) is 46.7 Å². The molecule has 0 amide bonds. The van der Waals surface area contributed by atoms with E-state index in [0.717, 1.165) is 142 Å². The highest BCUT2D eigenvalue weighted by Gasteiger charge is 2.11. The maximum Gasteiger partial charge on any atom is 0.0730 e. The van der Waals surface area contributed by atoms with Crippen LogP contribution in [-0.2, 0) is 13.1 Å². The summed E-state index contributed by atoms with van der Waals surface area (Å²) >= 11 is 0. The van der Waals surface area contributed by atoms with E-state index in [1.807, 2.05) is 12.4 Å². The molecular formula is C26H53BrN10. The van der Waals surface area contributed by atoms with Crippen LogP contribution in [-0.4, -0.2) is 124 Å². The Bertz CT molecular complexity index is 589. The van der Waals surface area contributed by atoms with E-state index >= 15 is 0 Å². The van der Waals surface area contributed by atoms with Crippen LogP contribution in [0.3, 0.4) is 0 Å². The van der Waals surface area contributed by atoms with Gasteiger partial charge in [-0.15, -0.1) is 17.0 Å². The number of nitrogens with one attached hydrogen (secondary N) is 6. The molecule has 1 aromatic heterocycles. The molecule has 2 aliphatic rings. The summed E-state index contributed by atoms with van der Waals surface area (Å²) in [6, 6.07) is 0. The van der Waals surface area contributed by atoms with Gasteiger partial charge in [0.05, 0.1) is 11.4 Å². The molecule has 0 atom stereocenters. The Morgan fingerprint density at radius 3 is 1.30 bits per heavy atom. The standard InChI is InChI=1S/C26H52N10.BrH/c1-5-27-11-13-29-9-3-17-35(19-15-31-7-1)23-25-21-33-22-26(34-25)24-36-18-4-10-30-14-12-28-6-2-8-32-16-20-36;/h21-22,27-32H,1-20,23-24H2;1H. The molecule has 0 spiro atoms. The Morgan fingerprint density at radius 1 is 0.486 bits per heavy atom. The minimum absolute atomic E-state index is 0. The molecule has 0 bridgehead atoms. The number of rotatable bonds is 4. The van der Waals surface area contributed by atoms with Crippen LogP contribution in [0.25, 0.3) is 0 Å². The van der Waals surface area contributed by atoms with E-state index in [1.54, 1.807) is 0 Å². The van der Waals surface area contributed by atoms with Crippen molar-refractivity contribution in [2.24, 2.45) is 0 Å². The van der Waals surface area contributed by atoms with Crippen LogP contribution in [0.1, 0.15) is 37.1 Å². The lowest BCUT2D eigenvalue weighted by molar-refractivity contribution is 0.249. The smallest absolute Gasteiger partial charge is 0.0730 e. The van der Waals surface area contributed by atoms with Crippen LogP contribution in [0, 0.1) is 0 Å². The summed E-state index contributed by atoms with van der Waals surface area (Å²) in [6.45, 7) is 18.6. The molecule has 2 fully saturated rings. The molecule has 0 radical (unpaired) electrons. The molecule has 10 nitrogen and oxygen atoms in total. The van der Waals surface area contributed by atoms with Crippen molar-refractivity contribution in [2.75, 3.05) is 105 Å². The number of hydrogen-bond donors (Lipinski definition) is 6. The van der Waals surface area contributed by atoms with Gasteiger partial charge in [0.2, 0.25) is 0 Å². The monoisotopic (exact) mass is 584 g/mol. The van der Waals surface area contributed by atoms with Crippen molar-refractivity contribution >= 4 is 17.0 Å². The van der Waals surface area contributed by atoms with Crippen molar-refractivity contribution in [1.82, 2.24) is 51.7 Å². The fourth-order valence-electron chi connectivity index (χ4n) is 4.71. The second kappa shape index (κ2) is 22.1. The van der Waals surface area contributed by atoms with Gasteiger partial charge in [0, 0.05) is 77.8 Å². The normalized spacial score (nSPS) is 22.3. The Balaban J connectivity index is 0.00000481. The number of aromatic nitrogens is 2. The van der Waals surface area contributed by atoms with Crippen molar-refractivity contribution in [3.63, 3.8) is 0 Å². The predicted octanol–water partition coefficient (Wildman–Crippen LogP) is -0.216. The molecule has 2 saturated heterocycles. The van der Waals surface area contributed by atoms with Crippen molar-refractivity contribution in [1.29, 1.82) is 0 Å². The van der Waals surface area contributed by atoms with E-state index in [0.29, 0.717) is 0 Å². The molecule has 3 rings (SSSR count). The molecule has 3 heterocycles. The van der Waals surface area contributed by atoms with Gasteiger partial charge < -0.3 is 31.9 Å². The van der Waals surface area contributed by atoms with E-state index in [-0.39, 0.29) is 17.0 Å². The first-order valence-corrected chi connectivity index (χ1v) is 14.4. The van der Waals surface area contributed by atoms with Gasteiger partial charge in [-0.25, -0.2) is 0 Å².